The summed E-state index contributed by atoms with van der Waals surface area (Å²) in [6.07, 6.45) is 6.69. The number of morpholine rings is 1. The highest BCUT2D eigenvalue weighted by Crippen LogP contribution is 2.36. The molecular formula is C21H38IN5OS. The maximum Gasteiger partial charge on any atom is 0.191 e. The first-order valence-electron chi connectivity index (χ1n) is 10.9. The van der Waals surface area contributed by atoms with E-state index in [4.69, 9.17) is 9.73 Å². The Labute approximate surface area is 197 Å². The number of hydrogen-bond acceptors (Lipinski definition) is 5. The van der Waals surface area contributed by atoms with Gasteiger partial charge in [-0.25, -0.2) is 9.98 Å². The second kappa shape index (κ2) is 12.4. The zero-order chi connectivity index (χ0) is 19.8. The number of aromatic nitrogens is 1. The van der Waals surface area contributed by atoms with Gasteiger partial charge in [0.15, 0.2) is 5.96 Å². The Morgan fingerprint density at radius 3 is 2.52 bits per heavy atom. The van der Waals surface area contributed by atoms with E-state index in [1.807, 2.05) is 0 Å². The minimum Gasteiger partial charge on any atom is -0.379 e. The van der Waals surface area contributed by atoms with Gasteiger partial charge in [0.1, 0.15) is 0 Å². The second-order valence-corrected chi connectivity index (χ2v) is 9.53. The number of nitrogens with one attached hydrogen (secondary N) is 2. The van der Waals surface area contributed by atoms with Gasteiger partial charge in [0.05, 0.1) is 30.5 Å². The number of thiazole rings is 1. The van der Waals surface area contributed by atoms with Crippen LogP contribution in [0.3, 0.4) is 0 Å². The average molecular weight is 536 g/mol. The summed E-state index contributed by atoms with van der Waals surface area (Å²) < 4.78 is 5.55. The van der Waals surface area contributed by atoms with Gasteiger partial charge in [-0.15, -0.1) is 35.3 Å². The number of guanidine groups is 1. The smallest absolute Gasteiger partial charge is 0.191 e. The summed E-state index contributed by atoms with van der Waals surface area (Å²) in [7, 11) is 0. The summed E-state index contributed by atoms with van der Waals surface area (Å²) in [4.78, 5) is 13.2. The molecule has 1 aromatic rings. The molecule has 6 nitrogen and oxygen atoms in total. The molecule has 29 heavy (non-hydrogen) atoms. The van der Waals surface area contributed by atoms with E-state index in [1.165, 1.54) is 43.5 Å². The molecule has 1 aliphatic heterocycles. The summed E-state index contributed by atoms with van der Waals surface area (Å²) in [6, 6.07) is 0. The van der Waals surface area contributed by atoms with Crippen molar-refractivity contribution in [3.8, 4) is 0 Å². The van der Waals surface area contributed by atoms with Crippen LogP contribution in [0.15, 0.2) is 4.99 Å². The minimum atomic E-state index is 0. The standard InChI is InChI=1S/C21H37N5OS.HI/c1-4-22-20(23-14-19-17(2)25-18(3)28-19)24-15-21(8-6-5-7-9-21)16-26-10-12-27-13-11-26;/h4-16H2,1-3H3,(H2,22,23,24);1H. The SMILES string of the molecule is CCNC(=NCc1sc(C)nc1C)NCC1(CN2CCOCC2)CCCCC1.I. The fourth-order valence-corrected chi connectivity index (χ4v) is 5.27. The Bertz CT molecular complexity index is 639. The Hall–Kier alpha value is -0.450. The molecule has 0 unspecified atom stereocenters. The number of halogens is 1. The van der Waals surface area contributed by atoms with Crippen LogP contribution in [-0.4, -0.2) is 61.8 Å². The van der Waals surface area contributed by atoms with Crippen molar-refractivity contribution in [1.82, 2.24) is 20.5 Å². The lowest BCUT2D eigenvalue weighted by molar-refractivity contribution is 0.00820. The van der Waals surface area contributed by atoms with E-state index in [2.05, 4.69) is 41.3 Å². The van der Waals surface area contributed by atoms with E-state index in [0.29, 0.717) is 12.0 Å². The molecule has 1 saturated heterocycles. The van der Waals surface area contributed by atoms with Crippen molar-refractivity contribution in [2.24, 2.45) is 10.4 Å². The molecule has 166 valence electrons. The lowest BCUT2D eigenvalue weighted by Gasteiger charge is -2.42. The number of aliphatic imine (C=N–C) groups is 1. The Morgan fingerprint density at radius 2 is 1.90 bits per heavy atom. The van der Waals surface area contributed by atoms with Gasteiger partial charge in [-0.3, -0.25) is 4.90 Å². The maximum atomic E-state index is 5.55. The van der Waals surface area contributed by atoms with Crippen molar-refractivity contribution in [3.63, 3.8) is 0 Å². The Morgan fingerprint density at radius 1 is 1.17 bits per heavy atom. The predicted octanol–water partition coefficient (Wildman–Crippen LogP) is 3.72. The van der Waals surface area contributed by atoms with E-state index < -0.39 is 0 Å². The highest BCUT2D eigenvalue weighted by molar-refractivity contribution is 14.0. The fraction of sp³-hybridized carbons (Fsp3) is 0.810. The van der Waals surface area contributed by atoms with Crippen molar-refractivity contribution >= 4 is 41.3 Å². The van der Waals surface area contributed by atoms with Crippen LogP contribution in [0.1, 0.15) is 54.6 Å². The highest BCUT2D eigenvalue weighted by Gasteiger charge is 2.34. The van der Waals surface area contributed by atoms with Crippen LogP contribution in [0.2, 0.25) is 0 Å². The van der Waals surface area contributed by atoms with Gasteiger partial charge in [0, 0.05) is 43.0 Å². The molecule has 0 bridgehead atoms. The van der Waals surface area contributed by atoms with Crippen molar-refractivity contribution in [2.75, 3.05) is 45.9 Å². The summed E-state index contributed by atoms with van der Waals surface area (Å²) >= 11 is 1.75. The average Bonchev–Trinajstić information content (AvgIpc) is 3.03. The first-order valence-corrected chi connectivity index (χ1v) is 11.7. The molecular weight excluding hydrogens is 497 g/mol. The molecule has 3 rings (SSSR count). The van der Waals surface area contributed by atoms with Crippen LogP contribution in [0.5, 0.6) is 0 Å². The molecule has 0 atom stereocenters. The van der Waals surface area contributed by atoms with E-state index in [-0.39, 0.29) is 24.0 Å². The van der Waals surface area contributed by atoms with Gasteiger partial charge >= 0.3 is 0 Å². The van der Waals surface area contributed by atoms with Gasteiger partial charge < -0.3 is 15.4 Å². The first kappa shape index (κ1) is 24.8. The zero-order valence-corrected chi connectivity index (χ0v) is 21.4. The third kappa shape index (κ3) is 7.63. The first-order chi connectivity index (χ1) is 13.6. The zero-order valence-electron chi connectivity index (χ0n) is 18.3. The molecule has 2 aliphatic rings. The van der Waals surface area contributed by atoms with E-state index in [9.17, 15) is 0 Å². The Kier molecular flexibility index (Phi) is 10.6. The predicted molar refractivity (Wildman–Crippen MR) is 133 cm³/mol. The van der Waals surface area contributed by atoms with Crippen molar-refractivity contribution in [3.05, 3.63) is 15.6 Å². The van der Waals surface area contributed by atoms with Gasteiger partial charge in [-0.2, -0.15) is 0 Å². The molecule has 0 radical (unpaired) electrons. The maximum absolute atomic E-state index is 5.55. The third-order valence-electron chi connectivity index (χ3n) is 5.93. The monoisotopic (exact) mass is 535 g/mol. The summed E-state index contributed by atoms with van der Waals surface area (Å²) in [6.45, 7) is 13.9. The quantitative estimate of drug-likeness (QED) is 0.317. The fourth-order valence-electron chi connectivity index (χ4n) is 4.41. The minimum absolute atomic E-state index is 0. The van der Waals surface area contributed by atoms with Crippen LogP contribution in [0, 0.1) is 19.3 Å². The van der Waals surface area contributed by atoms with Crippen LogP contribution in [0.25, 0.3) is 0 Å². The van der Waals surface area contributed by atoms with Crippen LogP contribution < -0.4 is 10.6 Å². The summed E-state index contributed by atoms with van der Waals surface area (Å²) in [5.74, 6) is 0.930. The topological polar surface area (TPSA) is 61.8 Å². The summed E-state index contributed by atoms with van der Waals surface area (Å²) in [5.41, 5.74) is 1.46. The molecule has 1 saturated carbocycles. The van der Waals surface area contributed by atoms with Crippen LogP contribution in [0.4, 0.5) is 0 Å². The van der Waals surface area contributed by atoms with Gasteiger partial charge in [-0.1, -0.05) is 19.3 Å². The lowest BCUT2D eigenvalue weighted by atomic mass is 9.73. The molecule has 8 heteroatoms. The van der Waals surface area contributed by atoms with E-state index in [0.717, 1.165) is 56.1 Å². The number of nitrogens with zero attached hydrogens (tertiary/aromatic N) is 3. The van der Waals surface area contributed by atoms with Gasteiger partial charge in [0.2, 0.25) is 0 Å². The molecule has 2 heterocycles. The van der Waals surface area contributed by atoms with Crippen molar-refractivity contribution in [2.45, 2.75) is 59.4 Å². The molecule has 0 aromatic carbocycles. The number of hydrogen-bond donors (Lipinski definition) is 2. The number of rotatable bonds is 7. The van der Waals surface area contributed by atoms with Gasteiger partial charge in [0.25, 0.3) is 0 Å². The second-order valence-electron chi connectivity index (χ2n) is 8.24. The molecule has 2 N–H and O–H groups in total. The van der Waals surface area contributed by atoms with Crippen LogP contribution >= 0.6 is 35.3 Å². The van der Waals surface area contributed by atoms with Crippen molar-refractivity contribution < 1.29 is 4.74 Å². The lowest BCUT2D eigenvalue weighted by Crippen LogP contribution is -2.51. The van der Waals surface area contributed by atoms with Crippen LogP contribution in [-0.2, 0) is 11.3 Å². The molecule has 1 aromatic heterocycles. The highest BCUT2D eigenvalue weighted by atomic mass is 127. The van der Waals surface area contributed by atoms with Crippen molar-refractivity contribution in [1.29, 1.82) is 0 Å². The van der Waals surface area contributed by atoms with E-state index in [1.54, 1.807) is 11.3 Å². The number of aryl methyl sites for hydroxylation is 2. The third-order valence-corrected chi connectivity index (χ3v) is 6.99. The summed E-state index contributed by atoms with van der Waals surface area (Å²) in [5, 5.41) is 8.23. The largest absolute Gasteiger partial charge is 0.379 e. The normalized spacial score (nSPS) is 20.2. The molecule has 2 fully saturated rings. The molecule has 1 aliphatic carbocycles. The number of ether oxygens (including phenoxy) is 1. The Balaban J connectivity index is 0.00000300. The van der Waals surface area contributed by atoms with E-state index >= 15 is 0 Å². The molecule has 0 amide bonds. The molecule has 0 spiro atoms. The van der Waals surface area contributed by atoms with Gasteiger partial charge in [-0.05, 0) is 33.6 Å².